The molecule has 32 heavy (non-hydrogen) atoms. The van der Waals surface area contributed by atoms with E-state index in [0.29, 0.717) is 42.7 Å². The Morgan fingerprint density at radius 3 is 2.66 bits per heavy atom. The number of likely N-dealkylation sites (tertiary alicyclic amines) is 1. The van der Waals surface area contributed by atoms with Gasteiger partial charge in [0.1, 0.15) is 5.52 Å². The highest BCUT2D eigenvalue weighted by atomic mass is 19.4. The highest BCUT2D eigenvalue weighted by Gasteiger charge is 2.31. The zero-order valence-electron chi connectivity index (χ0n) is 16.9. The van der Waals surface area contributed by atoms with Crippen molar-refractivity contribution < 1.29 is 18.0 Å². The second-order valence-corrected chi connectivity index (χ2v) is 7.77. The summed E-state index contributed by atoms with van der Waals surface area (Å²) in [7, 11) is 0. The molecule has 4 aromatic rings. The minimum Gasteiger partial charge on any atom is -0.343 e. The van der Waals surface area contributed by atoms with Gasteiger partial charge in [0.05, 0.1) is 29.0 Å². The minimum absolute atomic E-state index is 0.00866. The van der Waals surface area contributed by atoms with E-state index in [4.69, 9.17) is 0 Å². The van der Waals surface area contributed by atoms with E-state index in [1.807, 2.05) is 0 Å². The molecule has 1 N–H and O–H groups in total. The third kappa shape index (κ3) is 3.31. The highest BCUT2D eigenvalue weighted by Crippen LogP contribution is 2.32. The zero-order valence-corrected chi connectivity index (χ0v) is 16.9. The molecular formula is C20H18F3N7O2. The van der Waals surface area contributed by atoms with E-state index in [2.05, 4.69) is 20.1 Å². The summed E-state index contributed by atoms with van der Waals surface area (Å²) in [5.74, 6) is 0.159. The number of alkyl halides is 3. The van der Waals surface area contributed by atoms with Crippen LogP contribution in [0.25, 0.3) is 28.1 Å². The van der Waals surface area contributed by atoms with Crippen LogP contribution >= 0.6 is 0 Å². The van der Waals surface area contributed by atoms with Crippen LogP contribution in [0.15, 0.2) is 35.5 Å². The van der Waals surface area contributed by atoms with Gasteiger partial charge in [-0.25, -0.2) is 19.3 Å². The van der Waals surface area contributed by atoms with Crippen LogP contribution in [0.4, 0.5) is 13.2 Å². The Morgan fingerprint density at radius 2 is 1.97 bits per heavy atom. The highest BCUT2D eigenvalue weighted by molar-refractivity contribution is 5.80. The number of fused-ring (bicyclic) bond motifs is 2. The van der Waals surface area contributed by atoms with Crippen molar-refractivity contribution in [3.63, 3.8) is 0 Å². The number of nitrogens with one attached hydrogen (secondary N) is 1. The Balaban J connectivity index is 1.58. The molecule has 1 aliphatic heterocycles. The number of rotatable bonds is 2. The molecule has 1 aliphatic rings. The van der Waals surface area contributed by atoms with E-state index in [-0.39, 0.29) is 29.0 Å². The number of amides is 1. The number of pyridine rings is 1. The lowest BCUT2D eigenvalue weighted by molar-refractivity contribution is -0.137. The normalized spacial score (nSPS) is 15.7. The Hall–Kier alpha value is -3.70. The average molecular weight is 445 g/mol. The van der Waals surface area contributed by atoms with Crippen LogP contribution in [0.2, 0.25) is 0 Å². The van der Waals surface area contributed by atoms with E-state index >= 15 is 0 Å². The van der Waals surface area contributed by atoms with Crippen molar-refractivity contribution >= 4 is 22.6 Å². The van der Waals surface area contributed by atoms with Crippen molar-refractivity contribution in [2.45, 2.75) is 32.0 Å². The third-order valence-corrected chi connectivity index (χ3v) is 5.82. The molecule has 0 atom stereocenters. The van der Waals surface area contributed by atoms with Crippen molar-refractivity contribution in [3.05, 3.63) is 46.8 Å². The maximum atomic E-state index is 13.2. The first-order chi connectivity index (χ1) is 15.2. The van der Waals surface area contributed by atoms with Crippen LogP contribution in [-0.4, -0.2) is 53.0 Å². The predicted molar refractivity (Wildman–Crippen MR) is 108 cm³/mol. The van der Waals surface area contributed by atoms with Gasteiger partial charge in [-0.3, -0.25) is 9.36 Å². The van der Waals surface area contributed by atoms with Gasteiger partial charge < -0.3 is 9.88 Å². The van der Waals surface area contributed by atoms with Crippen molar-refractivity contribution in [1.29, 1.82) is 0 Å². The van der Waals surface area contributed by atoms with Crippen LogP contribution in [-0.2, 0) is 11.0 Å². The molecule has 166 valence electrons. The molecule has 4 aromatic heterocycles. The van der Waals surface area contributed by atoms with E-state index in [1.54, 1.807) is 9.47 Å². The fourth-order valence-electron chi connectivity index (χ4n) is 4.15. The molecule has 5 rings (SSSR count). The SMILES string of the molecule is CC(=O)N1CCC(n2c(=O)[nH]c3cnc(-c4cnn5ccc(C(F)(F)F)cc45)nc32)CC1. The summed E-state index contributed by atoms with van der Waals surface area (Å²) >= 11 is 0. The van der Waals surface area contributed by atoms with Crippen LogP contribution in [0, 0.1) is 0 Å². The number of hydrogen-bond acceptors (Lipinski definition) is 5. The van der Waals surface area contributed by atoms with Gasteiger partial charge in [0.25, 0.3) is 0 Å². The fourth-order valence-corrected chi connectivity index (χ4v) is 4.15. The molecule has 0 saturated carbocycles. The largest absolute Gasteiger partial charge is 0.416 e. The summed E-state index contributed by atoms with van der Waals surface area (Å²) in [5, 5.41) is 4.10. The van der Waals surface area contributed by atoms with Crippen LogP contribution in [0.1, 0.15) is 31.4 Å². The van der Waals surface area contributed by atoms with Crippen LogP contribution < -0.4 is 5.69 Å². The molecule has 0 aromatic carbocycles. The van der Waals surface area contributed by atoms with Crippen LogP contribution in [0.3, 0.4) is 0 Å². The maximum absolute atomic E-state index is 13.2. The summed E-state index contributed by atoms with van der Waals surface area (Å²) in [6, 6.07) is 1.79. The molecule has 1 fully saturated rings. The van der Waals surface area contributed by atoms with Crippen molar-refractivity contribution in [3.8, 4) is 11.4 Å². The number of halogens is 3. The van der Waals surface area contributed by atoms with Gasteiger partial charge in [0.2, 0.25) is 5.91 Å². The number of carbonyl (C=O) groups is 1. The van der Waals surface area contributed by atoms with Crippen molar-refractivity contribution in [1.82, 2.24) is 34.0 Å². The molecule has 1 amide bonds. The Kier molecular flexibility index (Phi) is 4.53. The van der Waals surface area contributed by atoms with Gasteiger partial charge in [-0.05, 0) is 25.0 Å². The third-order valence-electron chi connectivity index (χ3n) is 5.82. The molecule has 12 heteroatoms. The zero-order chi connectivity index (χ0) is 22.6. The summed E-state index contributed by atoms with van der Waals surface area (Å²) in [5.41, 5.74) is 0.186. The number of piperidine rings is 1. The first-order valence-electron chi connectivity index (χ1n) is 10.00. The maximum Gasteiger partial charge on any atom is 0.416 e. The summed E-state index contributed by atoms with van der Waals surface area (Å²) in [4.78, 5) is 37.4. The number of aromatic nitrogens is 6. The lowest BCUT2D eigenvalue weighted by Gasteiger charge is -2.31. The molecule has 9 nitrogen and oxygen atoms in total. The lowest BCUT2D eigenvalue weighted by Crippen LogP contribution is -2.39. The molecule has 5 heterocycles. The summed E-state index contributed by atoms with van der Waals surface area (Å²) in [6.45, 7) is 2.58. The smallest absolute Gasteiger partial charge is 0.343 e. The van der Waals surface area contributed by atoms with E-state index in [9.17, 15) is 22.8 Å². The molecule has 0 bridgehead atoms. The number of carbonyl (C=O) groups excluding carboxylic acids is 1. The van der Waals surface area contributed by atoms with E-state index in [0.717, 1.165) is 12.1 Å². The van der Waals surface area contributed by atoms with E-state index < -0.39 is 11.7 Å². The summed E-state index contributed by atoms with van der Waals surface area (Å²) in [6.07, 6.45) is 0.766. The van der Waals surface area contributed by atoms with Gasteiger partial charge in [-0.15, -0.1) is 0 Å². The van der Waals surface area contributed by atoms with Gasteiger partial charge in [0.15, 0.2) is 11.5 Å². The number of nitrogens with zero attached hydrogens (tertiary/aromatic N) is 6. The first-order valence-corrected chi connectivity index (χ1v) is 10.00. The topological polar surface area (TPSA) is 101 Å². The van der Waals surface area contributed by atoms with Crippen molar-refractivity contribution in [2.24, 2.45) is 0 Å². The monoisotopic (exact) mass is 445 g/mol. The lowest BCUT2D eigenvalue weighted by atomic mass is 10.0. The first kappa shape index (κ1) is 20.2. The number of H-pyrrole nitrogens is 1. The predicted octanol–water partition coefficient (Wildman–Crippen LogP) is 2.64. The minimum atomic E-state index is -4.50. The van der Waals surface area contributed by atoms with Crippen LogP contribution in [0.5, 0.6) is 0 Å². The quantitative estimate of drug-likeness (QED) is 0.511. The van der Waals surface area contributed by atoms with Gasteiger partial charge >= 0.3 is 11.9 Å². The van der Waals surface area contributed by atoms with Gasteiger partial charge in [-0.2, -0.15) is 18.3 Å². The molecule has 0 spiro atoms. The second kappa shape index (κ2) is 7.18. The number of hydrogen-bond donors (Lipinski definition) is 1. The Bertz CT molecular complexity index is 1390. The molecule has 0 aliphatic carbocycles. The molecular weight excluding hydrogens is 427 g/mol. The number of imidazole rings is 1. The van der Waals surface area contributed by atoms with E-state index in [1.165, 1.54) is 30.0 Å². The van der Waals surface area contributed by atoms with Gasteiger partial charge in [-0.1, -0.05) is 0 Å². The molecule has 1 saturated heterocycles. The fraction of sp³-hybridized carbons (Fsp3) is 0.350. The number of aromatic amines is 1. The van der Waals surface area contributed by atoms with Crippen molar-refractivity contribution in [2.75, 3.05) is 13.1 Å². The molecule has 0 unspecified atom stereocenters. The standard InChI is InChI=1S/C20H18F3N7O2/c1-11(31)28-5-3-13(4-6-28)30-18-15(26-19(30)32)10-24-17(27-18)14-9-25-29-7-2-12(8-16(14)29)20(21,22)23/h2,7-10,13H,3-6H2,1H3,(H,26,32). The average Bonchev–Trinajstić information content (AvgIpc) is 3.32. The summed E-state index contributed by atoms with van der Waals surface area (Å²) < 4.78 is 42.4. The second-order valence-electron chi connectivity index (χ2n) is 7.77. The Labute approximate surface area is 178 Å². The van der Waals surface area contributed by atoms with Gasteiger partial charge in [0, 0.05) is 32.3 Å². The Morgan fingerprint density at radius 1 is 1.22 bits per heavy atom. The molecule has 0 radical (unpaired) electrons.